The van der Waals surface area contributed by atoms with E-state index in [0.717, 1.165) is 69.9 Å². The largest absolute Gasteiger partial charge is 0.444 e. The third-order valence-electron chi connectivity index (χ3n) is 9.93. The van der Waals surface area contributed by atoms with E-state index in [9.17, 15) is 19.2 Å². The van der Waals surface area contributed by atoms with Crippen LogP contribution in [0.1, 0.15) is 82.1 Å². The zero-order valence-corrected chi connectivity index (χ0v) is 25.5. The van der Waals surface area contributed by atoms with Crippen molar-refractivity contribution in [1.82, 2.24) is 20.0 Å². The van der Waals surface area contributed by atoms with Gasteiger partial charge in [0.05, 0.1) is 0 Å². The van der Waals surface area contributed by atoms with Crippen LogP contribution in [-0.2, 0) is 20.9 Å². The maximum atomic E-state index is 13.0. The van der Waals surface area contributed by atoms with Crippen LogP contribution in [0.2, 0.25) is 0 Å². The second-order valence-corrected chi connectivity index (χ2v) is 14.6. The molecule has 0 radical (unpaired) electrons. The van der Waals surface area contributed by atoms with Gasteiger partial charge in [0, 0.05) is 70.0 Å². The Balaban J connectivity index is 0.976. The highest BCUT2D eigenvalue weighted by Crippen LogP contribution is 2.59. The highest BCUT2D eigenvalue weighted by atomic mass is 16.6. The quantitative estimate of drug-likeness (QED) is 0.546. The first-order chi connectivity index (χ1) is 19.8. The number of benzene rings is 1. The first-order valence-electron chi connectivity index (χ1n) is 15.6. The summed E-state index contributed by atoms with van der Waals surface area (Å²) in [6.07, 6.45) is 5.05. The summed E-state index contributed by atoms with van der Waals surface area (Å²) in [6.45, 7) is 15.2. The fraction of sp³-hybridized carbons (Fsp3) is 0.688. The van der Waals surface area contributed by atoms with Gasteiger partial charge in [-0.3, -0.25) is 24.6 Å². The van der Waals surface area contributed by atoms with Gasteiger partial charge in [-0.15, -0.1) is 0 Å². The number of hydrogen-bond donors (Lipinski definition) is 1. The minimum Gasteiger partial charge on any atom is -0.444 e. The number of nitrogens with zero attached hydrogens (tertiary/aromatic N) is 4. The van der Waals surface area contributed by atoms with E-state index in [-0.39, 0.29) is 30.2 Å². The van der Waals surface area contributed by atoms with Gasteiger partial charge < -0.3 is 19.4 Å². The summed E-state index contributed by atoms with van der Waals surface area (Å²) in [5, 5.41) is 2.37. The van der Waals surface area contributed by atoms with Gasteiger partial charge in [-0.05, 0) is 87.5 Å². The van der Waals surface area contributed by atoms with Crippen molar-refractivity contribution in [2.75, 3.05) is 50.7 Å². The monoisotopic (exact) mass is 579 g/mol. The number of rotatable bonds is 4. The fourth-order valence-corrected chi connectivity index (χ4v) is 8.18. The van der Waals surface area contributed by atoms with Crippen molar-refractivity contribution in [2.24, 2.45) is 10.8 Å². The molecule has 1 spiro atoms. The van der Waals surface area contributed by atoms with Gasteiger partial charge in [-0.1, -0.05) is 6.92 Å². The summed E-state index contributed by atoms with van der Waals surface area (Å²) in [4.78, 5) is 57.9. The molecule has 1 saturated carbocycles. The van der Waals surface area contributed by atoms with Gasteiger partial charge >= 0.3 is 6.09 Å². The summed E-state index contributed by atoms with van der Waals surface area (Å²) in [5.41, 5.74) is 2.98. The molecule has 4 heterocycles. The van der Waals surface area contributed by atoms with E-state index in [2.05, 4.69) is 28.1 Å². The van der Waals surface area contributed by atoms with Crippen LogP contribution in [0.4, 0.5) is 10.5 Å². The lowest BCUT2D eigenvalue weighted by Gasteiger charge is -2.59. The average Bonchev–Trinajstić information content (AvgIpc) is 3.23. The summed E-state index contributed by atoms with van der Waals surface area (Å²) in [7, 11) is 0. The molecule has 10 heteroatoms. The summed E-state index contributed by atoms with van der Waals surface area (Å²) < 4.78 is 5.58. The molecule has 42 heavy (non-hydrogen) atoms. The third kappa shape index (κ3) is 5.74. The van der Waals surface area contributed by atoms with Crippen molar-refractivity contribution in [3.63, 3.8) is 0 Å². The number of piperidine rings is 2. The van der Waals surface area contributed by atoms with E-state index in [1.807, 2.05) is 37.8 Å². The number of hydrogen-bond acceptors (Lipinski definition) is 7. The molecule has 1 atom stereocenters. The van der Waals surface area contributed by atoms with E-state index in [1.54, 1.807) is 4.90 Å². The van der Waals surface area contributed by atoms with Gasteiger partial charge in [0.2, 0.25) is 11.8 Å². The second kappa shape index (κ2) is 10.5. The molecule has 0 bridgehead atoms. The lowest BCUT2D eigenvalue weighted by atomic mass is 9.50. The predicted octanol–water partition coefficient (Wildman–Crippen LogP) is 3.39. The van der Waals surface area contributed by atoms with Crippen LogP contribution in [0.5, 0.6) is 0 Å². The Morgan fingerprint density at radius 1 is 1.02 bits per heavy atom. The number of fused-ring (bicyclic) bond motifs is 1. The molecule has 3 saturated heterocycles. The third-order valence-corrected chi connectivity index (χ3v) is 9.93. The lowest BCUT2D eigenvalue weighted by Crippen LogP contribution is -2.57. The second-order valence-electron chi connectivity index (χ2n) is 14.6. The van der Waals surface area contributed by atoms with Crippen molar-refractivity contribution in [3.05, 3.63) is 29.3 Å². The smallest absolute Gasteiger partial charge is 0.410 e. The Hall–Kier alpha value is -3.14. The molecule has 0 unspecified atom stereocenters. The summed E-state index contributed by atoms with van der Waals surface area (Å²) in [5.74, 6) is -0.771. The molecule has 4 fully saturated rings. The number of carbonyl (C=O) groups is 4. The van der Waals surface area contributed by atoms with Gasteiger partial charge in [0.25, 0.3) is 5.91 Å². The van der Waals surface area contributed by atoms with Gasteiger partial charge in [0.15, 0.2) is 0 Å². The van der Waals surface area contributed by atoms with Crippen LogP contribution in [0.3, 0.4) is 0 Å². The number of imide groups is 1. The van der Waals surface area contributed by atoms with Crippen LogP contribution in [0.25, 0.3) is 0 Å². The first-order valence-corrected chi connectivity index (χ1v) is 15.6. The average molecular weight is 580 g/mol. The topological polar surface area (TPSA) is 103 Å². The Labute approximate surface area is 248 Å². The van der Waals surface area contributed by atoms with E-state index >= 15 is 0 Å². The highest BCUT2D eigenvalue weighted by Gasteiger charge is 2.53. The minimum absolute atomic E-state index is 0.127. The highest BCUT2D eigenvalue weighted by molar-refractivity contribution is 6.05. The fourth-order valence-electron chi connectivity index (χ4n) is 8.18. The summed E-state index contributed by atoms with van der Waals surface area (Å²) >= 11 is 0. The zero-order valence-electron chi connectivity index (χ0n) is 25.5. The Morgan fingerprint density at radius 3 is 2.36 bits per heavy atom. The minimum atomic E-state index is -0.584. The van der Waals surface area contributed by atoms with Crippen LogP contribution in [0, 0.1) is 10.8 Å². The lowest BCUT2D eigenvalue weighted by molar-refractivity contribution is -0.136. The Bertz CT molecular complexity index is 1260. The molecule has 228 valence electrons. The maximum Gasteiger partial charge on any atom is 0.410 e. The van der Waals surface area contributed by atoms with E-state index in [4.69, 9.17) is 4.74 Å². The number of piperazine rings is 1. The maximum absolute atomic E-state index is 13.0. The molecule has 10 nitrogen and oxygen atoms in total. The molecule has 1 aromatic rings. The molecule has 4 aliphatic heterocycles. The molecule has 6 rings (SSSR count). The van der Waals surface area contributed by atoms with Crippen LogP contribution in [-0.4, -0.2) is 96.0 Å². The zero-order chi connectivity index (χ0) is 29.9. The van der Waals surface area contributed by atoms with Crippen molar-refractivity contribution >= 4 is 29.5 Å². The van der Waals surface area contributed by atoms with Gasteiger partial charge in [-0.25, -0.2) is 4.79 Å². The number of nitrogens with one attached hydrogen (secondary N) is 1. The van der Waals surface area contributed by atoms with Crippen molar-refractivity contribution < 1.29 is 23.9 Å². The van der Waals surface area contributed by atoms with E-state index in [0.29, 0.717) is 29.4 Å². The van der Waals surface area contributed by atoms with Gasteiger partial charge in [-0.2, -0.15) is 0 Å². The number of amides is 4. The van der Waals surface area contributed by atoms with Crippen LogP contribution < -0.4 is 10.2 Å². The SMILES string of the molecule is CC1(CN2CCN(c3ccc4c(c3)CN([C@H]3CCC(=O)NC3=O)C4=O)CC2)CC2(CCN(C(=O)OC(C)(C)C)CC2)C1. The first kappa shape index (κ1) is 29.0. The molecule has 0 aromatic heterocycles. The van der Waals surface area contributed by atoms with Crippen LogP contribution in [0.15, 0.2) is 18.2 Å². The van der Waals surface area contributed by atoms with Crippen molar-refractivity contribution in [2.45, 2.75) is 84.4 Å². The van der Waals surface area contributed by atoms with Crippen LogP contribution >= 0.6 is 0 Å². The number of ether oxygens (including phenoxy) is 1. The number of anilines is 1. The van der Waals surface area contributed by atoms with Gasteiger partial charge in [0.1, 0.15) is 11.6 Å². The molecule has 1 aromatic carbocycles. The van der Waals surface area contributed by atoms with E-state index in [1.165, 1.54) is 12.8 Å². The molecule has 1 aliphatic carbocycles. The normalized spacial score (nSPS) is 25.8. The molecule has 4 amide bonds. The Kier molecular flexibility index (Phi) is 7.27. The molecule has 5 aliphatic rings. The molecular formula is C32H45N5O5. The Morgan fingerprint density at radius 2 is 1.71 bits per heavy atom. The van der Waals surface area contributed by atoms with Crippen molar-refractivity contribution in [1.29, 1.82) is 0 Å². The standard InChI is InChI=1S/C32H45N5O5/c1-30(2,3)42-29(41)36-11-9-32(10-12-36)19-31(4,20-32)21-34-13-15-35(16-14-34)23-5-6-24-22(17-23)18-37(28(24)40)25-7-8-26(38)33-27(25)39/h5-6,17,25H,7-16,18-21H2,1-4H3,(H,33,38,39)/t25-/m0/s1. The van der Waals surface area contributed by atoms with Crippen molar-refractivity contribution in [3.8, 4) is 0 Å². The molecule has 1 N–H and O–H groups in total. The number of likely N-dealkylation sites (tertiary alicyclic amines) is 1. The van der Waals surface area contributed by atoms with E-state index < -0.39 is 11.6 Å². The predicted molar refractivity (Wildman–Crippen MR) is 158 cm³/mol. The molecular weight excluding hydrogens is 534 g/mol. The summed E-state index contributed by atoms with van der Waals surface area (Å²) in [6, 6.07) is 5.45. The number of carbonyl (C=O) groups excluding carboxylic acids is 4.